The van der Waals surface area contributed by atoms with Gasteiger partial charge >= 0.3 is 0 Å². The molecule has 1 fully saturated rings. The molecule has 5 nitrogen and oxygen atoms in total. The number of nitrogens with zero attached hydrogens (tertiary/aromatic N) is 3. The van der Waals surface area contributed by atoms with E-state index in [1.54, 1.807) is 12.3 Å². The summed E-state index contributed by atoms with van der Waals surface area (Å²) in [5.41, 5.74) is 0.0613. The summed E-state index contributed by atoms with van der Waals surface area (Å²) < 4.78 is 14.5. The minimum atomic E-state index is -0.512. The van der Waals surface area contributed by atoms with Crippen LogP contribution in [0.4, 0.5) is 10.2 Å². The van der Waals surface area contributed by atoms with Gasteiger partial charge in [0.05, 0.1) is 5.56 Å². The van der Waals surface area contributed by atoms with E-state index in [1.165, 1.54) is 12.1 Å². The van der Waals surface area contributed by atoms with Gasteiger partial charge in [-0.15, -0.1) is 0 Å². The van der Waals surface area contributed by atoms with Gasteiger partial charge in [0.1, 0.15) is 11.6 Å². The second-order valence-corrected chi connectivity index (χ2v) is 7.39. The Kier molecular flexibility index (Phi) is 6.21. The molecule has 1 amide bonds. The van der Waals surface area contributed by atoms with Crippen LogP contribution in [0.5, 0.6) is 0 Å². The van der Waals surface area contributed by atoms with Crippen LogP contribution in [-0.4, -0.2) is 54.6 Å². The molecule has 1 aliphatic rings. The molecule has 2 heterocycles. The second kappa shape index (κ2) is 8.60. The molecule has 1 saturated heterocycles. The minimum Gasteiger partial charge on any atom is -0.354 e. The number of anilines is 1. The number of nitrogens with one attached hydrogen (secondary N) is 1. The number of amides is 1. The number of carbonyl (C=O) groups is 1. The quantitative estimate of drug-likeness (QED) is 0.807. The van der Waals surface area contributed by atoms with Gasteiger partial charge in [0.15, 0.2) is 0 Å². The van der Waals surface area contributed by atoms with E-state index in [1.807, 2.05) is 25.1 Å². The zero-order valence-electron chi connectivity index (χ0n) is 14.7. The summed E-state index contributed by atoms with van der Waals surface area (Å²) >= 11 is 3.27. The number of halogens is 2. The van der Waals surface area contributed by atoms with Crippen LogP contribution in [0, 0.1) is 5.82 Å². The molecule has 1 aromatic heterocycles. The highest BCUT2D eigenvalue weighted by Crippen LogP contribution is 2.16. The number of rotatable bonds is 5. The first-order chi connectivity index (χ1) is 12.5. The predicted molar refractivity (Wildman–Crippen MR) is 104 cm³/mol. The lowest BCUT2D eigenvalue weighted by Gasteiger charge is -2.36. The molecule has 0 aliphatic carbocycles. The van der Waals surface area contributed by atoms with E-state index >= 15 is 0 Å². The molecule has 1 atom stereocenters. The number of carbonyl (C=O) groups excluding carboxylic acids is 1. The van der Waals surface area contributed by atoms with Crippen LogP contribution in [0.15, 0.2) is 47.1 Å². The maximum Gasteiger partial charge on any atom is 0.254 e. The number of benzene rings is 1. The van der Waals surface area contributed by atoms with E-state index in [9.17, 15) is 9.18 Å². The Morgan fingerprint density at radius 1 is 1.27 bits per heavy atom. The Hall–Kier alpha value is -1.99. The normalized spacial score (nSPS) is 16.3. The van der Waals surface area contributed by atoms with E-state index < -0.39 is 5.82 Å². The molecule has 1 aromatic carbocycles. The molecule has 7 heteroatoms. The SMILES string of the molecule is CC(CN1CCN(c2ccccn2)CC1)NC(=O)c1cc(Br)ccc1F. The van der Waals surface area contributed by atoms with Gasteiger partial charge in [-0.05, 0) is 37.3 Å². The van der Waals surface area contributed by atoms with Gasteiger partial charge in [-0.1, -0.05) is 22.0 Å². The predicted octanol–water partition coefficient (Wildman–Crippen LogP) is 2.92. The number of aromatic nitrogens is 1. The number of hydrogen-bond acceptors (Lipinski definition) is 4. The van der Waals surface area contributed by atoms with Crippen molar-refractivity contribution in [2.45, 2.75) is 13.0 Å². The van der Waals surface area contributed by atoms with Crippen molar-refractivity contribution in [2.75, 3.05) is 37.6 Å². The van der Waals surface area contributed by atoms with Gasteiger partial charge in [-0.2, -0.15) is 0 Å². The van der Waals surface area contributed by atoms with Crippen molar-refractivity contribution in [3.05, 3.63) is 58.4 Å². The minimum absolute atomic E-state index is 0.0613. The van der Waals surface area contributed by atoms with Crippen LogP contribution in [0.3, 0.4) is 0 Å². The molecule has 1 unspecified atom stereocenters. The van der Waals surface area contributed by atoms with Crippen molar-refractivity contribution in [2.24, 2.45) is 0 Å². The lowest BCUT2D eigenvalue weighted by atomic mass is 10.2. The molecule has 0 spiro atoms. The van der Waals surface area contributed by atoms with Crippen LogP contribution >= 0.6 is 15.9 Å². The van der Waals surface area contributed by atoms with Gasteiger partial charge in [0.2, 0.25) is 0 Å². The standard InChI is InChI=1S/C19H22BrFN4O/c1-14(23-19(26)16-12-15(20)5-6-17(16)21)13-24-8-10-25(11-9-24)18-4-2-3-7-22-18/h2-7,12,14H,8-11,13H2,1H3,(H,23,26). The third kappa shape index (κ3) is 4.80. The molecular weight excluding hydrogens is 399 g/mol. The number of piperazine rings is 1. The number of pyridine rings is 1. The Bertz CT molecular complexity index is 750. The van der Waals surface area contributed by atoms with Crippen LogP contribution in [0.2, 0.25) is 0 Å². The Labute approximate surface area is 161 Å². The van der Waals surface area contributed by atoms with Crippen molar-refractivity contribution in [3.8, 4) is 0 Å². The summed E-state index contributed by atoms with van der Waals surface area (Å²) in [5, 5.41) is 2.89. The Morgan fingerprint density at radius 3 is 2.73 bits per heavy atom. The second-order valence-electron chi connectivity index (χ2n) is 6.47. The highest BCUT2D eigenvalue weighted by molar-refractivity contribution is 9.10. The maximum atomic E-state index is 13.8. The molecule has 138 valence electrons. The molecule has 1 N–H and O–H groups in total. The third-order valence-electron chi connectivity index (χ3n) is 4.43. The lowest BCUT2D eigenvalue weighted by Crippen LogP contribution is -2.51. The fraction of sp³-hybridized carbons (Fsp3) is 0.368. The molecule has 1 aliphatic heterocycles. The largest absolute Gasteiger partial charge is 0.354 e. The van der Waals surface area contributed by atoms with Gasteiger partial charge in [0.25, 0.3) is 5.91 Å². The summed E-state index contributed by atoms with van der Waals surface area (Å²) in [6, 6.07) is 10.2. The fourth-order valence-corrected chi connectivity index (χ4v) is 3.47. The van der Waals surface area contributed by atoms with Crippen molar-refractivity contribution < 1.29 is 9.18 Å². The smallest absolute Gasteiger partial charge is 0.254 e. The van der Waals surface area contributed by atoms with Gasteiger partial charge in [-0.25, -0.2) is 9.37 Å². The molecule has 26 heavy (non-hydrogen) atoms. The van der Waals surface area contributed by atoms with Gasteiger partial charge in [0, 0.05) is 49.4 Å². The number of hydrogen-bond donors (Lipinski definition) is 1. The zero-order chi connectivity index (χ0) is 18.5. The Balaban J connectivity index is 1.49. The molecule has 0 radical (unpaired) electrons. The summed E-state index contributed by atoms with van der Waals surface area (Å²) in [7, 11) is 0. The fourth-order valence-electron chi connectivity index (χ4n) is 3.11. The van der Waals surface area contributed by atoms with Crippen molar-refractivity contribution in [1.82, 2.24) is 15.2 Å². The zero-order valence-corrected chi connectivity index (χ0v) is 16.2. The first-order valence-electron chi connectivity index (χ1n) is 8.67. The monoisotopic (exact) mass is 420 g/mol. The van der Waals surface area contributed by atoms with E-state index in [4.69, 9.17) is 0 Å². The molecule has 2 aromatic rings. The third-order valence-corrected chi connectivity index (χ3v) is 4.92. The molecule has 0 bridgehead atoms. The highest BCUT2D eigenvalue weighted by Gasteiger charge is 2.21. The summed E-state index contributed by atoms with van der Waals surface area (Å²) in [6.07, 6.45) is 1.81. The Morgan fingerprint density at radius 2 is 2.04 bits per heavy atom. The first kappa shape index (κ1) is 18.8. The van der Waals surface area contributed by atoms with Crippen LogP contribution in [0.1, 0.15) is 17.3 Å². The molecule has 0 saturated carbocycles. The molecule has 3 rings (SSSR count). The van der Waals surface area contributed by atoms with Crippen LogP contribution in [-0.2, 0) is 0 Å². The van der Waals surface area contributed by atoms with E-state index in [0.717, 1.165) is 38.5 Å². The van der Waals surface area contributed by atoms with Crippen molar-refractivity contribution >= 4 is 27.7 Å². The lowest BCUT2D eigenvalue weighted by molar-refractivity contribution is 0.0924. The van der Waals surface area contributed by atoms with Crippen LogP contribution < -0.4 is 10.2 Å². The average molecular weight is 421 g/mol. The first-order valence-corrected chi connectivity index (χ1v) is 9.46. The highest BCUT2D eigenvalue weighted by atomic mass is 79.9. The topological polar surface area (TPSA) is 48.5 Å². The summed E-state index contributed by atoms with van der Waals surface area (Å²) in [6.45, 7) is 6.29. The van der Waals surface area contributed by atoms with Crippen LogP contribution in [0.25, 0.3) is 0 Å². The summed E-state index contributed by atoms with van der Waals surface area (Å²) in [4.78, 5) is 21.3. The van der Waals surface area contributed by atoms with E-state index in [0.29, 0.717) is 4.47 Å². The van der Waals surface area contributed by atoms with Crippen molar-refractivity contribution in [1.29, 1.82) is 0 Å². The maximum absolute atomic E-state index is 13.8. The molecular formula is C19H22BrFN4O. The van der Waals surface area contributed by atoms with E-state index in [-0.39, 0.29) is 17.5 Å². The summed E-state index contributed by atoms with van der Waals surface area (Å²) in [5.74, 6) is 0.101. The average Bonchev–Trinajstić information content (AvgIpc) is 2.65. The van der Waals surface area contributed by atoms with Crippen molar-refractivity contribution in [3.63, 3.8) is 0 Å². The van der Waals surface area contributed by atoms with E-state index in [2.05, 4.69) is 36.0 Å². The van der Waals surface area contributed by atoms with Gasteiger partial charge < -0.3 is 10.2 Å². The van der Waals surface area contributed by atoms with Gasteiger partial charge in [-0.3, -0.25) is 9.69 Å².